The van der Waals surface area contributed by atoms with Crippen LogP contribution < -0.4 is 5.32 Å². The molecule has 2 aromatic carbocycles. The van der Waals surface area contributed by atoms with E-state index in [1.165, 1.54) is 43.2 Å². The fraction of sp³-hybridized carbons (Fsp3) is 0.500. The molecule has 1 saturated heterocycles. The normalized spacial score (nSPS) is 19.5. The highest BCUT2D eigenvalue weighted by atomic mass is 16.5. The molecule has 0 radical (unpaired) electrons. The van der Waals surface area contributed by atoms with Gasteiger partial charge in [0, 0.05) is 37.5 Å². The number of rotatable bonds is 7. The molecule has 0 spiro atoms. The summed E-state index contributed by atoms with van der Waals surface area (Å²) in [4.78, 5) is 15.7. The molecule has 1 amide bonds. The number of hydrogen-bond donors (Lipinski definition) is 1. The summed E-state index contributed by atoms with van der Waals surface area (Å²) in [5, 5.41) is 3.34. The maximum atomic E-state index is 13.1. The Labute approximate surface area is 180 Å². The van der Waals surface area contributed by atoms with Crippen molar-refractivity contribution in [1.29, 1.82) is 0 Å². The van der Waals surface area contributed by atoms with Crippen molar-refractivity contribution in [2.75, 3.05) is 32.8 Å². The average Bonchev–Trinajstić information content (AvgIpc) is 2.83. The van der Waals surface area contributed by atoms with Crippen molar-refractivity contribution in [3.05, 3.63) is 71.8 Å². The summed E-state index contributed by atoms with van der Waals surface area (Å²) in [6.45, 7) is 4.32. The van der Waals surface area contributed by atoms with Crippen LogP contribution in [-0.4, -0.2) is 49.2 Å². The fourth-order valence-corrected chi connectivity index (χ4v) is 5.17. The van der Waals surface area contributed by atoms with Crippen LogP contribution >= 0.6 is 0 Å². The van der Waals surface area contributed by atoms with E-state index in [9.17, 15) is 4.79 Å². The molecular weight excluding hydrogens is 372 g/mol. The molecule has 1 saturated carbocycles. The minimum absolute atomic E-state index is 0.0816. The van der Waals surface area contributed by atoms with Gasteiger partial charge in [0.05, 0.1) is 13.2 Å². The Morgan fingerprint density at radius 2 is 1.47 bits per heavy atom. The number of amides is 1. The molecule has 4 heteroatoms. The van der Waals surface area contributed by atoms with E-state index in [-0.39, 0.29) is 17.4 Å². The highest BCUT2D eigenvalue weighted by Crippen LogP contribution is 2.34. The highest BCUT2D eigenvalue weighted by Gasteiger charge is 2.38. The summed E-state index contributed by atoms with van der Waals surface area (Å²) in [6, 6.07) is 20.8. The first kappa shape index (κ1) is 21.1. The van der Waals surface area contributed by atoms with Crippen LogP contribution in [0.4, 0.5) is 0 Å². The Hall–Kier alpha value is -2.17. The molecule has 1 aliphatic carbocycles. The number of benzene rings is 2. The second kappa shape index (κ2) is 10.2. The molecular formula is C26H34N2O2. The van der Waals surface area contributed by atoms with Crippen LogP contribution in [0.15, 0.2) is 60.7 Å². The van der Waals surface area contributed by atoms with Crippen LogP contribution in [0.3, 0.4) is 0 Å². The summed E-state index contributed by atoms with van der Waals surface area (Å²) in [5.74, 6) is 0.226. The predicted octanol–water partition coefficient (Wildman–Crippen LogP) is 4.36. The van der Waals surface area contributed by atoms with E-state index in [1.807, 2.05) is 12.1 Å². The van der Waals surface area contributed by atoms with Gasteiger partial charge < -0.3 is 10.1 Å². The van der Waals surface area contributed by atoms with E-state index in [0.29, 0.717) is 6.42 Å². The zero-order valence-corrected chi connectivity index (χ0v) is 17.9. The Kier molecular flexibility index (Phi) is 7.19. The van der Waals surface area contributed by atoms with E-state index in [2.05, 4.69) is 58.7 Å². The Morgan fingerprint density at radius 3 is 2.03 bits per heavy atom. The smallest absolute Gasteiger partial charge is 0.221 e. The molecule has 4 nitrogen and oxygen atoms in total. The van der Waals surface area contributed by atoms with Crippen LogP contribution in [0, 0.1) is 0 Å². The van der Waals surface area contributed by atoms with Gasteiger partial charge in [-0.3, -0.25) is 9.69 Å². The van der Waals surface area contributed by atoms with E-state index in [1.54, 1.807) is 0 Å². The molecule has 2 aromatic rings. The van der Waals surface area contributed by atoms with E-state index < -0.39 is 0 Å². The van der Waals surface area contributed by atoms with Crippen molar-refractivity contribution in [2.45, 2.75) is 50.0 Å². The van der Waals surface area contributed by atoms with Gasteiger partial charge in [0.25, 0.3) is 0 Å². The summed E-state index contributed by atoms with van der Waals surface area (Å²) in [7, 11) is 0. The Bertz CT molecular complexity index is 742. The molecule has 1 aliphatic heterocycles. The van der Waals surface area contributed by atoms with Gasteiger partial charge in [-0.15, -0.1) is 0 Å². The number of ether oxygens (including phenoxy) is 1. The van der Waals surface area contributed by atoms with Gasteiger partial charge in [-0.25, -0.2) is 0 Å². The van der Waals surface area contributed by atoms with Gasteiger partial charge >= 0.3 is 0 Å². The number of nitrogens with zero attached hydrogens (tertiary/aromatic N) is 1. The topological polar surface area (TPSA) is 41.6 Å². The van der Waals surface area contributed by atoms with Crippen molar-refractivity contribution in [3.8, 4) is 0 Å². The van der Waals surface area contributed by atoms with Gasteiger partial charge in [-0.1, -0.05) is 79.9 Å². The zero-order chi connectivity index (χ0) is 20.7. The van der Waals surface area contributed by atoms with E-state index in [0.717, 1.165) is 32.8 Å². The molecule has 1 N–H and O–H groups in total. The van der Waals surface area contributed by atoms with Gasteiger partial charge in [0.1, 0.15) is 0 Å². The van der Waals surface area contributed by atoms with Crippen LogP contribution in [0.2, 0.25) is 0 Å². The molecule has 0 bridgehead atoms. The number of morpholine rings is 1. The SMILES string of the molecule is O=C(CC(c1ccccc1)c1ccccc1)NCC1(N2CCOCC2)CCCCC1. The lowest BCUT2D eigenvalue weighted by atomic mass is 9.79. The number of hydrogen-bond acceptors (Lipinski definition) is 3. The van der Waals surface area contributed by atoms with Crippen molar-refractivity contribution in [1.82, 2.24) is 10.2 Å². The van der Waals surface area contributed by atoms with Crippen LogP contribution in [0.5, 0.6) is 0 Å². The molecule has 2 fully saturated rings. The lowest BCUT2D eigenvalue weighted by Gasteiger charge is -2.48. The van der Waals surface area contributed by atoms with Gasteiger partial charge in [0.15, 0.2) is 0 Å². The lowest BCUT2D eigenvalue weighted by molar-refractivity contribution is -0.122. The molecule has 0 aromatic heterocycles. The molecule has 160 valence electrons. The van der Waals surface area contributed by atoms with Crippen molar-refractivity contribution >= 4 is 5.91 Å². The third-order valence-corrected chi connectivity index (χ3v) is 6.87. The van der Waals surface area contributed by atoms with Crippen LogP contribution in [0.25, 0.3) is 0 Å². The maximum Gasteiger partial charge on any atom is 0.221 e. The lowest BCUT2D eigenvalue weighted by Crippen LogP contribution is -2.59. The van der Waals surface area contributed by atoms with Crippen LogP contribution in [0.1, 0.15) is 55.6 Å². The predicted molar refractivity (Wildman–Crippen MR) is 121 cm³/mol. The van der Waals surface area contributed by atoms with Crippen molar-refractivity contribution < 1.29 is 9.53 Å². The minimum Gasteiger partial charge on any atom is -0.379 e. The van der Waals surface area contributed by atoms with E-state index in [4.69, 9.17) is 4.74 Å². The largest absolute Gasteiger partial charge is 0.379 e. The fourth-order valence-electron chi connectivity index (χ4n) is 5.17. The number of nitrogens with one attached hydrogen (secondary N) is 1. The second-order valence-electron chi connectivity index (χ2n) is 8.74. The zero-order valence-electron chi connectivity index (χ0n) is 17.9. The maximum absolute atomic E-state index is 13.1. The van der Waals surface area contributed by atoms with Gasteiger partial charge in [0.2, 0.25) is 5.91 Å². The Balaban J connectivity index is 1.45. The summed E-state index contributed by atoms with van der Waals surface area (Å²) < 4.78 is 5.58. The van der Waals surface area contributed by atoms with Gasteiger partial charge in [-0.2, -0.15) is 0 Å². The van der Waals surface area contributed by atoms with Crippen molar-refractivity contribution in [3.63, 3.8) is 0 Å². The third kappa shape index (κ3) is 5.11. The number of carbonyl (C=O) groups excluding carboxylic acids is 1. The standard InChI is InChI=1S/C26H34N2O2/c29-25(20-24(22-10-4-1-5-11-22)23-12-6-2-7-13-23)27-21-26(14-8-3-9-15-26)28-16-18-30-19-17-28/h1-2,4-7,10-13,24H,3,8-9,14-21H2,(H,27,29). The first-order valence-corrected chi connectivity index (χ1v) is 11.5. The highest BCUT2D eigenvalue weighted by molar-refractivity contribution is 5.77. The van der Waals surface area contributed by atoms with Gasteiger partial charge in [-0.05, 0) is 24.0 Å². The monoisotopic (exact) mass is 406 g/mol. The molecule has 4 rings (SSSR count). The molecule has 30 heavy (non-hydrogen) atoms. The molecule has 0 atom stereocenters. The van der Waals surface area contributed by atoms with Crippen LogP contribution in [-0.2, 0) is 9.53 Å². The molecule has 2 aliphatic rings. The number of carbonyl (C=O) groups is 1. The first-order chi connectivity index (χ1) is 14.8. The van der Waals surface area contributed by atoms with Crippen molar-refractivity contribution in [2.24, 2.45) is 0 Å². The molecule has 0 unspecified atom stereocenters. The summed E-state index contributed by atoms with van der Waals surface area (Å²) >= 11 is 0. The average molecular weight is 407 g/mol. The second-order valence-corrected chi connectivity index (χ2v) is 8.74. The summed E-state index contributed by atoms with van der Waals surface area (Å²) in [6.07, 6.45) is 6.65. The third-order valence-electron chi connectivity index (χ3n) is 6.87. The first-order valence-electron chi connectivity index (χ1n) is 11.5. The summed E-state index contributed by atoms with van der Waals surface area (Å²) in [5.41, 5.74) is 2.49. The minimum atomic E-state index is 0.0816. The Morgan fingerprint density at radius 1 is 0.900 bits per heavy atom. The quantitative estimate of drug-likeness (QED) is 0.743. The molecule has 1 heterocycles. The van der Waals surface area contributed by atoms with E-state index >= 15 is 0 Å².